The van der Waals surface area contributed by atoms with E-state index in [4.69, 9.17) is 10.5 Å². The Balaban J connectivity index is 0.723. The average Bonchev–Trinajstić information content (AvgIpc) is 4.15. The Labute approximate surface area is 448 Å². The second-order valence-corrected chi connectivity index (χ2v) is 23.9. The third-order valence-electron chi connectivity index (χ3n) is 19.0. The third kappa shape index (κ3) is 10.8. The van der Waals surface area contributed by atoms with Crippen LogP contribution in [0.5, 0.6) is 0 Å². The van der Waals surface area contributed by atoms with Crippen molar-refractivity contribution < 1.29 is 58.4 Å². The van der Waals surface area contributed by atoms with Crippen molar-refractivity contribution in [3.05, 3.63) is 83.5 Å². The van der Waals surface area contributed by atoms with E-state index in [1.165, 1.54) is 12.5 Å². The molecule has 5 amide bonds. The Hall–Kier alpha value is -6.44. The van der Waals surface area contributed by atoms with E-state index >= 15 is 0 Å². The highest BCUT2D eigenvalue weighted by Crippen LogP contribution is 2.73. The van der Waals surface area contributed by atoms with Crippen molar-refractivity contribution in [2.24, 2.45) is 51.1 Å². The number of allylic oxidation sites excluding steroid dienone is 4. The van der Waals surface area contributed by atoms with Gasteiger partial charge >= 0.3 is 12.1 Å². The van der Waals surface area contributed by atoms with Crippen LogP contribution in [-0.2, 0) is 51.3 Å². The molecule has 7 aliphatic carbocycles. The molecule has 2 aromatic rings. The van der Waals surface area contributed by atoms with Gasteiger partial charge in [0, 0.05) is 54.7 Å². The van der Waals surface area contributed by atoms with Gasteiger partial charge in [-0.05, 0) is 160 Å². The van der Waals surface area contributed by atoms with E-state index in [0.29, 0.717) is 56.6 Å². The number of hydrogen-bond donors (Lipinski definition) is 9. The van der Waals surface area contributed by atoms with Gasteiger partial charge < -0.3 is 57.3 Å². The molecule has 8 aliphatic rings. The predicted octanol–water partition coefficient (Wildman–Crippen LogP) is 3.99. The van der Waals surface area contributed by atoms with Crippen molar-refractivity contribution in [3.8, 4) is 0 Å². The number of nitrogens with two attached hydrogens (primary N) is 1. The van der Waals surface area contributed by atoms with Crippen LogP contribution in [0.3, 0.4) is 0 Å². The number of anilines is 2. The molecular weight excluding hydrogens is 987 g/mol. The number of carboxylic acids is 1. The number of aliphatic hydroxyl groups is 2. The number of ether oxygens (including phenoxy) is 1. The maximum atomic E-state index is 14.2. The SMILES string of the molecule is CC(=O)N[C@@H](CCCCN)C(=O)NCC(=O)N[C@@H](CCC(=O)O)C(=O)Nc1ccc(COC(=O)NC23CC(Cc4ccc(N5C[C@@H]6C[C@H]7[C@@H]8CCC9=CC(=O)C=C[C@]9(C)[C@H]8[C@@H](O)C[C@]7(C)[C@]6(C(=O)CO)C5)cc4)(C2)C3)cc1. The Morgan fingerprint density at radius 2 is 1.61 bits per heavy atom. The number of alkyl carbamates (subject to hydrolysis) is 1. The number of nitrogens with one attached hydrogen (secondary N) is 5. The zero-order valence-corrected chi connectivity index (χ0v) is 44.4. The first-order valence-electron chi connectivity index (χ1n) is 27.4. The molecule has 0 spiro atoms. The fraction of sp³-hybridized carbons (Fsp3) is 0.586. The van der Waals surface area contributed by atoms with E-state index in [2.05, 4.69) is 69.6 Å². The minimum absolute atomic E-state index is 0.00380. The van der Waals surface area contributed by atoms with Gasteiger partial charge in [0.25, 0.3) is 0 Å². The molecule has 10 rings (SSSR count). The van der Waals surface area contributed by atoms with Gasteiger partial charge in [0.2, 0.25) is 23.6 Å². The summed E-state index contributed by atoms with van der Waals surface area (Å²) in [5.74, 6) is -3.25. The first-order chi connectivity index (χ1) is 36.6. The van der Waals surface area contributed by atoms with E-state index < -0.39 is 89.7 Å². The van der Waals surface area contributed by atoms with Crippen LogP contribution in [0.2, 0.25) is 0 Å². The number of carbonyl (C=O) groups is 8. The molecule has 7 fully saturated rings. The van der Waals surface area contributed by atoms with Crippen molar-refractivity contribution in [3.63, 3.8) is 0 Å². The summed E-state index contributed by atoms with van der Waals surface area (Å²) in [7, 11) is 0. The number of fused-ring (bicyclic) bond motifs is 7. The second kappa shape index (κ2) is 21.8. The number of carbonyl (C=O) groups excluding carboxylic acids is 7. The van der Waals surface area contributed by atoms with Gasteiger partial charge in [0.05, 0.1) is 18.1 Å². The number of aliphatic carboxylic acids is 1. The van der Waals surface area contributed by atoms with Crippen LogP contribution in [0.15, 0.2) is 72.3 Å². The molecule has 1 aliphatic heterocycles. The quantitative estimate of drug-likeness (QED) is 0.0754. The second-order valence-electron chi connectivity index (χ2n) is 23.9. The predicted molar refractivity (Wildman–Crippen MR) is 283 cm³/mol. The molecule has 1 saturated heterocycles. The number of aliphatic hydroxyl groups excluding tert-OH is 2. The normalized spacial score (nSPS) is 31.8. The molecule has 2 aromatic carbocycles. The van der Waals surface area contributed by atoms with Crippen LogP contribution in [-0.4, -0.2) is 119 Å². The highest BCUT2D eigenvalue weighted by atomic mass is 16.5. The Morgan fingerprint density at radius 1 is 0.909 bits per heavy atom. The smallest absolute Gasteiger partial charge is 0.407 e. The van der Waals surface area contributed by atoms with E-state index in [9.17, 15) is 53.7 Å². The van der Waals surface area contributed by atoms with Crippen LogP contribution < -0.4 is 37.2 Å². The molecular formula is C58H75N7O12. The van der Waals surface area contributed by atoms with E-state index in [1.807, 2.05) is 6.08 Å². The van der Waals surface area contributed by atoms with Crippen LogP contribution in [0.1, 0.15) is 109 Å². The van der Waals surface area contributed by atoms with Gasteiger partial charge in [0.1, 0.15) is 25.3 Å². The first kappa shape index (κ1) is 55.3. The van der Waals surface area contributed by atoms with Crippen LogP contribution in [0.4, 0.5) is 16.2 Å². The Kier molecular flexibility index (Phi) is 15.6. The minimum Gasteiger partial charge on any atom is -0.481 e. The molecule has 19 nitrogen and oxygen atoms in total. The highest BCUT2D eigenvalue weighted by Gasteiger charge is 2.73. The van der Waals surface area contributed by atoms with Crippen molar-refractivity contribution in [1.82, 2.24) is 21.3 Å². The summed E-state index contributed by atoms with van der Waals surface area (Å²) in [6.45, 7) is 6.19. The Bertz CT molecular complexity index is 2710. The summed E-state index contributed by atoms with van der Waals surface area (Å²) in [5.41, 5.74) is 7.98. The van der Waals surface area contributed by atoms with Crippen molar-refractivity contribution in [2.75, 3.05) is 43.0 Å². The molecule has 2 bridgehead atoms. The molecule has 414 valence electrons. The van der Waals surface area contributed by atoms with Gasteiger partial charge in [-0.1, -0.05) is 49.8 Å². The lowest BCUT2D eigenvalue weighted by Gasteiger charge is -2.70. The van der Waals surface area contributed by atoms with Gasteiger partial charge in [-0.2, -0.15) is 0 Å². The van der Waals surface area contributed by atoms with Crippen molar-refractivity contribution in [2.45, 2.75) is 135 Å². The van der Waals surface area contributed by atoms with E-state index in [1.54, 1.807) is 36.4 Å². The molecule has 1 heterocycles. The maximum Gasteiger partial charge on any atom is 0.407 e. The highest BCUT2D eigenvalue weighted by molar-refractivity contribution is 6.01. The molecule has 77 heavy (non-hydrogen) atoms. The topological polar surface area (TPSA) is 296 Å². The fourth-order valence-electron chi connectivity index (χ4n) is 15.7. The fourth-order valence-corrected chi connectivity index (χ4v) is 15.7. The number of nitrogens with zero attached hydrogens (tertiary/aromatic N) is 1. The monoisotopic (exact) mass is 1060 g/mol. The third-order valence-corrected chi connectivity index (χ3v) is 19.0. The zero-order chi connectivity index (χ0) is 55.1. The number of hydrogen-bond acceptors (Lipinski definition) is 13. The van der Waals surface area contributed by atoms with E-state index in [0.717, 1.165) is 56.2 Å². The van der Waals surface area contributed by atoms with Gasteiger partial charge in [-0.15, -0.1) is 0 Å². The van der Waals surface area contributed by atoms with Gasteiger partial charge in [-0.3, -0.25) is 33.6 Å². The van der Waals surface area contributed by atoms with Gasteiger partial charge in [0.15, 0.2) is 11.6 Å². The Morgan fingerprint density at radius 3 is 2.29 bits per heavy atom. The zero-order valence-electron chi connectivity index (χ0n) is 44.4. The average molecular weight is 1060 g/mol. The van der Waals surface area contributed by atoms with Crippen molar-refractivity contribution in [1.29, 1.82) is 0 Å². The lowest BCUT2D eigenvalue weighted by atomic mass is 9.38. The number of benzene rings is 2. The lowest BCUT2D eigenvalue weighted by molar-refractivity contribution is -0.157. The molecule has 19 heteroatoms. The molecule has 0 radical (unpaired) electrons. The number of Topliss-reactive ketones (excluding diaryl/α,β-unsaturated/α-hetero) is 1. The summed E-state index contributed by atoms with van der Waals surface area (Å²) in [6.07, 6.45) is 11.6. The largest absolute Gasteiger partial charge is 0.481 e. The summed E-state index contributed by atoms with van der Waals surface area (Å²) < 4.78 is 5.58. The number of rotatable bonds is 22. The summed E-state index contributed by atoms with van der Waals surface area (Å²) in [5, 5.41) is 45.1. The van der Waals surface area contributed by atoms with Crippen LogP contribution in [0.25, 0.3) is 0 Å². The standard InChI is InChI=1S/C58H75N7O12/c1-34(67)61-44(6-4-5-21-59)51(74)60-26-48(71)63-45(17-18-49(72)73)52(75)62-39-12-7-36(8-13-39)29-77-53(76)64-57-30-56(31-57,32-57)24-35-9-14-40(15-10-35)65-27-38-23-43-42-16-11-37-22-41(68)19-20-54(37,2)50(42)46(69)25-55(43,3)58(38,33-65)47(70)28-66/h7-10,12-15,19-20,22,38,42-46,50,66,69H,4-6,11,16-18,21,23-33,59H2,1-3H3,(H,60,74)(H,61,67)(H,62,75)(H,63,71)(H,64,76)(H,72,73)/t38-,42-,43-,44-,45-,46-,50+,54-,55-,56?,57?,58+/m0/s1. The van der Waals surface area contributed by atoms with Crippen molar-refractivity contribution >= 4 is 58.6 Å². The summed E-state index contributed by atoms with van der Waals surface area (Å²) >= 11 is 0. The van der Waals surface area contributed by atoms with Crippen LogP contribution in [0, 0.1) is 45.3 Å². The summed E-state index contributed by atoms with van der Waals surface area (Å²) in [4.78, 5) is 104. The molecule has 6 saturated carbocycles. The van der Waals surface area contributed by atoms with Gasteiger partial charge in [-0.25, -0.2) is 4.79 Å². The maximum absolute atomic E-state index is 14.2. The molecule has 0 aromatic heterocycles. The molecule has 0 unspecified atom stereocenters. The number of ketones is 2. The number of carboxylic acid groups (broad SMARTS) is 1. The molecule has 10 atom stereocenters. The molecule has 10 N–H and O–H groups in total. The first-order valence-corrected chi connectivity index (χ1v) is 27.4. The minimum atomic E-state index is -1.24. The lowest BCUT2D eigenvalue weighted by Crippen LogP contribution is -2.75. The van der Waals surface area contributed by atoms with Crippen LogP contribution >= 0.6 is 0 Å². The number of amides is 5. The number of unbranched alkanes of at least 4 members (excludes halogenated alkanes) is 1. The van der Waals surface area contributed by atoms with E-state index in [-0.39, 0.29) is 59.2 Å². The summed E-state index contributed by atoms with van der Waals surface area (Å²) in [6, 6.07) is 13.0.